The number of aromatic nitrogens is 1. The summed E-state index contributed by atoms with van der Waals surface area (Å²) in [6, 6.07) is 7.14. The Morgan fingerprint density at radius 1 is 1.42 bits per heavy atom. The van der Waals surface area contributed by atoms with Crippen LogP contribution >= 0.6 is 15.9 Å². The van der Waals surface area contributed by atoms with E-state index in [1.165, 1.54) is 12.3 Å². The first kappa shape index (κ1) is 13.4. The predicted molar refractivity (Wildman–Crippen MR) is 77.8 cm³/mol. The SMILES string of the molecule is Cc1ccc(Nc2cc(C(=O)O)c(N)cn2)cc1Br. The first-order valence-corrected chi connectivity index (χ1v) is 6.28. The summed E-state index contributed by atoms with van der Waals surface area (Å²) in [5.74, 6) is -0.643. The number of anilines is 3. The number of carbonyl (C=O) groups is 1. The van der Waals surface area contributed by atoms with Gasteiger partial charge in [-0.05, 0) is 30.7 Å². The van der Waals surface area contributed by atoms with Gasteiger partial charge in [-0.2, -0.15) is 0 Å². The number of nitrogens with one attached hydrogen (secondary N) is 1. The number of rotatable bonds is 3. The van der Waals surface area contributed by atoms with E-state index >= 15 is 0 Å². The van der Waals surface area contributed by atoms with Gasteiger partial charge < -0.3 is 16.2 Å². The van der Waals surface area contributed by atoms with E-state index in [0.717, 1.165) is 15.7 Å². The smallest absolute Gasteiger partial charge is 0.337 e. The minimum absolute atomic E-state index is 0.0312. The molecule has 0 saturated heterocycles. The number of benzene rings is 1. The van der Waals surface area contributed by atoms with E-state index in [0.29, 0.717) is 5.82 Å². The second-order valence-corrected chi connectivity index (χ2v) is 4.91. The third-order valence-corrected chi connectivity index (χ3v) is 3.46. The van der Waals surface area contributed by atoms with Crippen LogP contribution in [0.1, 0.15) is 15.9 Å². The van der Waals surface area contributed by atoms with Crippen LogP contribution in [0.25, 0.3) is 0 Å². The van der Waals surface area contributed by atoms with Crippen molar-refractivity contribution < 1.29 is 9.90 Å². The lowest BCUT2D eigenvalue weighted by Gasteiger charge is -2.09. The molecular formula is C13H12BrN3O2. The zero-order valence-corrected chi connectivity index (χ0v) is 11.7. The van der Waals surface area contributed by atoms with E-state index in [4.69, 9.17) is 10.8 Å². The number of aryl methyl sites for hydroxylation is 1. The van der Waals surface area contributed by atoms with Gasteiger partial charge >= 0.3 is 5.97 Å². The molecule has 1 aromatic carbocycles. The van der Waals surface area contributed by atoms with Gasteiger partial charge in [-0.15, -0.1) is 0 Å². The maximum absolute atomic E-state index is 11.0. The summed E-state index contributed by atoms with van der Waals surface area (Å²) in [4.78, 5) is 15.0. The summed E-state index contributed by atoms with van der Waals surface area (Å²) >= 11 is 3.43. The van der Waals surface area contributed by atoms with E-state index in [1.54, 1.807) is 0 Å². The lowest BCUT2D eigenvalue weighted by atomic mass is 10.2. The number of hydrogen-bond donors (Lipinski definition) is 3. The number of aromatic carboxylic acids is 1. The Hall–Kier alpha value is -2.08. The molecule has 0 spiro atoms. The maximum Gasteiger partial charge on any atom is 0.337 e. The van der Waals surface area contributed by atoms with Gasteiger partial charge in [0, 0.05) is 10.2 Å². The number of nitrogens with zero attached hydrogens (tertiary/aromatic N) is 1. The van der Waals surface area contributed by atoms with Crippen molar-refractivity contribution in [2.75, 3.05) is 11.1 Å². The van der Waals surface area contributed by atoms with E-state index in [-0.39, 0.29) is 11.3 Å². The highest BCUT2D eigenvalue weighted by atomic mass is 79.9. The molecule has 0 atom stereocenters. The van der Waals surface area contributed by atoms with Crippen molar-refractivity contribution in [1.82, 2.24) is 4.98 Å². The second-order valence-electron chi connectivity index (χ2n) is 4.05. The van der Waals surface area contributed by atoms with Crippen LogP contribution < -0.4 is 11.1 Å². The molecule has 6 heteroatoms. The van der Waals surface area contributed by atoms with Crippen molar-refractivity contribution in [3.8, 4) is 0 Å². The van der Waals surface area contributed by atoms with Crippen LogP contribution in [-0.2, 0) is 0 Å². The van der Waals surface area contributed by atoms with Crippen molar-refractivity contribution in [3.63, 3.8) is 0 Å². The number of carboxylic acids is 1. The first-order valence-electron chi connectivity index (χ1n) is 5.49. The fourth-order valence-corrected chi connectivity index (χ4v) is 1.92. The number of halogens is 1. The van der Waals surface area contributed by atoms with Crippen LogP contribution in [0.5, 0.6) is 0 Å². The molecule has 0 amide bonds. The van der Waals surface area contributed by atoms with Gasteiger partial charge in [0.2, 0.25) is 0 Å². The zero-order valence-electron chi connectivity index (χ0n) is 10.1. The Bertz CT molecular complexity index is 644. The molecule has 2 aromatic rings. The van der Waals surface area contributed by atoms with Gasteiger partial charge in [0.1, 0.15) is 5.82 Å². The van der Waals surface area contributed by atoms with Gasteiger partial charge in [-0.25, -0.2) is 9.78 Å². The molecule has 0 radical (unpaired) electrons. The third kappa shape index (κ3) is 3.03. The zero-order chi connectivity index (χ0) is 14.0. The summed E-state index contributed by atoms with van der Waals surface area (Å²) in [5.41, 5.74) is 7.65. The van der Waals surface area contributed by atoms with Crippen molar-refractivity contribution in [3.05, 3.63) is 46.1 Å². The van der Waals surface area contributed by atoms with Crippen LogP contribution in [-0.4, -0.2) is 16.1 Å². The average molecular weight is 322 g/mol. The third-order valence-electron chi connectivity index (χ3n) is 2.61. The maximum atomic E-state index is 11.0. The Balaban J connectivity index is 2.30. The molecule has 0 aliphatic rings. The Labute approximate surface area is 118 Å². The number of nitrogens with two attached hydrogens (primary N) is 1. The highest BCUT2D eigenvalue weighted by Crippen LogP contribution is 2.24. The van der Waals surface area contributed by atoms with Crippen LogP contribution in [0.3, 0.4) is 0 Å². The van der Waals surface area contributed by atoms with Gasteiger partial charge in [-0.1, -0.05) is 22.0 Å². The van der Waals surface area contributed by atoms with Crippen LogP contribution in [0, 0.1) is 6.92 Å². The summed E-state index contributed by atoms with van der Waals surface area (Å²) in [5, 5.41) is 12.0. The average Bonchev–Trinajstić information content (AvgIpc) is 2.36. The standard InChI is InChI=1S/C13H12BrN3O2/c1-7-2-3-8(4-10(7)14)17-12-5-9(13(18)19)11(15)6-16-12/h2-6H,15H2,1H3,(H,16,17)(H,18,19). The topological polar surface area (TPSA) is 88.2 Å². The molecule has 4 N–H and O–H groups in total. The van der Waals surface area contributed by atoms with Crippen molar-refractivity contribution in [2.45, 2.75) is 6.92 Å². The highest BCUT2D eigenvalue weighted by Gasteiger charge is 2.09. The molecule has 0 fully saturated rings. The number of nitrogen functional groups attached to an aromatic ring is 1. The van der Waals surface area contributed by atoms with Crippen molar-refractivity contribution in [1.29, 1.82) is 0 Å². The van der Waals surface area contributed by atoms with Crippen molar-refractivity contribution >= 4 is 39.1 Å². The number of hydrogen-bond acceptors (Lipinski definition) is 4. The second kappa shape index (κ2) is 5.27. The Kier molecular flexibility index (Phi) is 3.71. The number of carboxylic acid groups (broad SMARTS) is 1. The fraction of sp³-hybridized carbons (Fsp3) is 0.0769. The van der Waals surface area contributed by atoms with Gasteiger partial charge in [0.25, 0.3) is 0 Å². The van der Waals surface area contributed by atoms with E-state index in [9.17, 15) is 4.79 Å². The molecule has 0 unspecified atom stereocenters. The normalized spacial score (nSPS) is 10.2. The molecule has 0 aliphatic carbocycles. The molecule has 1 aromatic heterocycles. The molecule has 2 rings (SSSR count). The molecule has 0 bridgehead atoms. The largest absolute Gasteiger partial charge is 0.478 e. The van der Waals surface area contributed by atoms with Gasteiger partial charge in [0.05, 0.1) is 17.4 Å². The monoisotopic (exact) mass is 321 g/mol. The molecular weight excluding hydrogens is 310 g/mol. The number of pyridine rings is 1. The van der Waals surface area contributed by atoms with E-state index < -0.39 is 5.97 Å². The Morgan fingerprint density at radius 3 is 2.79 bits per heavy atom. The lowest BCUT2D eigenvalue weighted by Crippen LogP contribution is -2.05. The Morgan fingerprint density at radius 2 is 2.16 bits per heavy atom. The fourth-order valence-electron chi connectivity index (χ4n) is 1.54. The van der Waals surface area contributed by atoms with E-state index in [2.05, 4.69) is 26.2 Å². The first-order chi connectivity index (χ1) is 8.97. The molecule has 0 saturated carbocycles. The minimum Gasteiger partial charge on any atom is -0.478 e. The molecule has 19 heavy (non-hydrogen) atoms. The van der Waals surface area contributed by atoms with Crippen LogP contribution in [0.15, 0.2) is 34.9 Å². The van der Waals surface area contributed by atoms with Crippen molar-refractivity contribution in [2.24, 2.45) is 0 Å². The van der Waals surface area contributed by atoms with Crippen LogP contribution in [0.2, 0.25) is 0 Å². The predicted octanol–water partition coefficient (Wildman–Crippen LogP) is 3.18. The van der Waals surface area contributed by atoms with Gasteiger partial charge in [0.15, 0.2) is 0 Å². The lowest BCUT2D eigenvalue weighted by molar-refractivity contribution is 0.0698. The minimum atomic E-state index is -1.08. The summed E-state index contributed by atoms with van der Waals surface area (Å²) < 4.78 is 0.964. The van der Waals surface area contributed by atoms with Crippen LogP contribution in [0.4, 0.5) is 17.2 Å². The molecule has 1 heterocycles. The molecule has 0 aliphatic heterocycles. The van der Waals surface area contributed by atoms with E-state index in [1.807, 2.05) is 25.1 Å². The molecule has 5 nitrogen and oxygen atoms in total. The highest BCUT2D eigenvalue weighted by molar-refractivity contribution is 9.10. The molecule has 98 valence electrons. The quantitative estimate of drug-likeness (QED) is 0.808. The summed E-state index contributed by atoms with van der Waals surface area (Å²) in [7, 11) is 0. The van der Waals surface area contributed by atoms with Gasteiger partial charge in [-0.3, -0.25) is 0 Å². The summed E-state index contributed by atoms with van der Waals surface area (Å²) in [6.45, 7) is 1.98. The summed E-state index contributed by atoms with van der Waals surface area (Å²) in [6.07, 6.45) is 1.33.